The minimum absolute atomic E-state index is 0.0406. The Labute approximate surface area is 144 Å². The summed E-state index contributed by atoms with van der Waals surface area (Å²) in [5.74, 6) is 0.190. The van der Waals surface area contributed by atoms with Gasteiger partial charge in [-0.25, -0.2) is 0 Å². The molecule has 0 heterocycles. The molecule has 2 amide bonds. The first-order chi connectivity index (χ1) is 11.0. The Morgan fingerprint density at radius 2 is 1.70 bits per heavy atom. The maximum absolute atomic E-state index is 12.0. The number of amides is 2. The zero-order valence-corrected chi connectivity index (χ0v) is 14.4. The van der Waals surface area contributed by atoms with Gasteiger partial charge in [-0.05, 0) is 48.5 Å². The third-order valence-corrected chi connectivity index (χ3v) is 4.46. The first-order valence-corrected chi connectivity index (χ1v) is 8.34. The highest BCUT2D eigenvalue weighted by molar-refractivity contribution is 8.00. The molecular formula is C17H17ClN2O2S. The lowest BCUT2D eigenvalue weighted by Crippen LogP contribution is -2.22. The Balaban J connectivity index is 1.87. The Morgan fingerprint density at radius 1 is 1.09 bits per heavy atom. The van der Waals surface area contributed by atoms with Gasteiger partial charge in [0, 0.05) is 35.3 Å². The molecule has 0 saturated carbocycles. The molecule has 0 bridgehead atoms. The zero-order chi connectivity index (χ0) is 16.8. The summed E-state index contributed by atoms with van der Waals surface area (Å²) in [6.07, 6.45) is 0. The molecule has 0 unspecified atom stereocenters. The second-order valence-electron chi connectivity index (χ2n) is 4.92. The van der Waals surface area contributed by atoms with Crippen LogP contribution in [0.15, 0.2) is 53.4 Å². The van der Waals surface area contributed by atoms with Crippen molar-refractivity contribution in [1.29, 1.82) is 0 Å². The van der Waals surface area contributed by atoms with Crippen LogP contribution in [-0.2, 0) is 9.59 Å². The first-order valence-electron chi connectivity index (χ1n) is 6.98. The monoisotopic (exact) mass is 348 g/mol. The van der Waals surface area contributed by atoms with Gasteiger partial charge in [-0.3, -0.25) is 9.59 Å². The van der Waals surface area contributed by atoms with Gasteiger partial charge in [0.1, 0.15) is 0 Å². The van der Waals surface area contributed by atoms with Crippen molar-refractivity contribution >= 4 is 46.6 Å². The minimum atomic E-state index is -0.0855. The van der Waals surface area contributed by atoms with Gasteiger partial charge >= 0.3 is 0 Å². The Kier molecular flexibility index (Phi) is 6.07. The zero-order valence-electron chi connectivity index (χ0n) is 12.9. The predicted octanol–water partition coefficient (Wildman–Crippen LogP) is 4.05. The van der Waals surface area contributed by atoms with Crippen LogP contribution in [0.2, 0.25) is 5.02 Å². The van der Waals surface area contributed by atoms with E-state index in [9.17, 15) is 9.59 Å². The molecule has 0 aliphatic rings. The lowest BCUT2D eigenvalue weighted by molar-refractivity contribution is -0.116. The summed E-state index contributed by atoms with van der Waals surface area (Å²) >= 11 is 7.27. The number of nitrogens with one attached hydrogen (secondary N) is 1. The van der Waals surface area contributed by atoms with Crippen molar-refractivity contribution in [3.8, 4) is 0 Å². The number of rotatable bonds is 5. The molecule has 0 aliphatic heterocycles. The fraction of sp³-hybridized carbons (Fsp3) is 0.176. The molecule has 0 saturated heterocycles. The van der Waals surface area contributed by atoms with Gasteiger partial charge in [-0.1, -0.05) is 11.6 Å². The molecule has 0 aromatic heterocycles. The third-order valence-electron chi connectivity index (χ3n) is 3.19. The summed E-state index contributed by atoms with van der Waals surface area (Å²) in [7, 11) is 1.71. The normalized spacial score (nSPS) is 10.2. The number of nitrogens with zero attached hydrogens (tertiary/aromatic N) is 1. The van der Waals surface area contributed by atoms with Gasteiger partial charge in [0.2, 0.25) is 11.8 Å². The molecule has 6 heteroatoms. The third kappa shape index (κ3) is 5.30. The second-order valence-corrected chi connectivity index (χ2v) is 6.40. The lowest BCUT2D eigenvalue weighted by Gasteiger charge is -2.15. The number of halogens is 1. The summed E-state index contributed by atoms with van der Waals surface area (Å²) < 4.78 is 0. The molecule has 2 aromatic carbocycles. The summed E-state index contributed by atoms with van der Waals surface area (Å²) in [4.78, 5) is 25.8. The molecule has 1 N–H and O–H groups in total. The van der Waals surface area contributed by atoms with Crippen molar-refractivity contribution in [2.75, 3.05) is 23.0 Å². The highest BCUT2D eigenvalue weighted by Gasteiger charge is 2.07. The molecule has 0 radical (unpaired) electrons. The lowest BCUT2D eigenvalue weighted by atomic mass is 10.2. The van der Waals surface area contributed by atoms with Crippen molar-refractivity contribution in [2.45, 2.75) is 11.8 Å². The number of carbonyl (C=O) groups is 2. The molecule has 23 heavy (non-hydrogen) atoms. The largest absolute Gasteiger partial charge is 0.325 e. The van der Waals surface area contributed by atoms with Crippen LogP contribution < -0.4 is 10.2 Å². The number of carbonyl (C=O) groups excluding carboxylic acids is 2. The minimum Gasteiger partial charge on any atom is -0.325 e. The van der Waals surface area contributed by atoms with E-state index in [2.05, 4.69) is 5.32 Å². The van der Waals surface area contributed by atoms with Gasteiger partial charge in [0.05, 0.1) is 5.75 Å². The smallest absolute Gasteiger partial charge is 0.234 e. The number of hydrogen-bond acceptors (Lipinski definition) is 3. The topological polar surface area (TPSA) is 49.4 Å². The van der Waals surface area contributed by atoms with E-state index in [-0.39, 0.29) is 11.8 Å². The number of thioether (sulfide) groups is 1. The molecule has 120 valence electrons. The summed E-state index contributed by atoms with van der Waals surface area (Å²) in [6.45, 7) is 1.50. The van der Waals surface area contributed by atoms with Gasteiger partial charge < -0.3 is 10.2 Å². The van der Waals surface area contributed by atoms with Crippen LogP contribution in [0.3, 0.4) is 0 Å². The maximum atomic E-state index is 12.0. The summed E-state index contributed by atoms with van der Waals surface area (Å²) in [5.41, 5.74) is 1.48. The van der Waals surface area contributed by atoms with Crippen molar-refractivity contribution in [3.63, 3.8) is 0 Å². The van der Waals surface area contributed by atoms with Crippen LogP contribution in [0.1, 0.15) is 6.92 Å². The van der Waals surface area contributed by atoms with Crippen LogP contribution in [-0.4, -0.2) is 24.6 Å². The molecule has 2 aromatic rings. The number of anilines is 2. The first kappa shape index (κ1) is 17.4. The molecule has 2 rings (SSSR count). The van der Waals surface area contributed by atoms with Crippen LogP contribution in [0.5, 0.6) is 0 Å². The van der Waals surface area contributed by atoms with Gasteiger partial charge in [-0.15, -0.1) is 11.8 Å². The summed E-state index contributed by atoms with van der Waals surface area (Å²) in [6, 6.07) is 14.5. The fourth-order valence-corrected chi connectivity index (χ4v) is 2.65. The maximum Gasteiger partial charge on any atom is 0.234 e. The van der Waals surface area contributed by atoms with Gasteiger partial charge in [0.15, 0.2) is 0 Å². The molecule has 4 nitrogen and oxygen atoms in total. The van der Waals surface area contributed by atoms with E-state index in [1.165, 1.54) is 18.7 Å². The van der Waals surface area contributed by atoms with Gasteiger partial charge in [-0.2, -0.15) is 0 Å². The van der Waals surface area contributed by atoms with Crippen molar-refractivity contribution < 1.29 is 9.59 Å². The van der Waals surface area contributed by atoms with Gasteiger partial charge in [0.25, 0.3) is 0 Å². The van der Waals surface area contributed by atoms with E-state index in [0.717, 1.165) is 10.6 Å². The molecule has 0 spiro atoms. The van der Waals surface area contributed by atoms with Crippen molar-refractivity contribution in [3.05, 3.63) is 53.6 Å². The van der Waals surface area contributed by atoms with E-state index in [0.29, 0.717) is 16.5 Å². The highest BCUT2D eigenvalue weighted by atomic mass is 35.5. The van der Waals surface area contributed by atoms with E-state index in [4.69, 9.17) is 11.6 Å². The standard InChI is InChI=1S/C17H17ClN2O2S/c1-12(21)20(2)15-7-5-14(6-8-15)19-17(22)11-23-16-9-3-13(18)4-10-16/h3-10H,11H2,1-2H3,(H,19,22). The molecule has 0 fully saturated rings. The Bertz CT molecular complexity index is 687. The quantitative estimate of drug-likeness (QED) is 0.829. The molecular weight excluding hydrogens is 332 g/mol. The number of hydrogen-bond donors (Lipinski definition) is 1. The van der Waals surface area contributed by atoms with E-state index < -0.39 is 0 Å². The van der Waals surface area contributed by atoms with Crippen LogP contribution >= 0.6 is 23.4 Å². The van der Waals surface area contributed by atoms with Crippen LogP contribution in [0, 0.1) is 0 Å². The Hall–Kier alpha value is -1.98. The van der Waals surface area contributed by atoms with E-state index in [1.54, 1.807) is 48.3 Å². The number of benzene rings is 2. The second kappa shape index (κ2) is 8.04. The fourth-order valence-electron chi connectivity index (χ4n) is 1.83. The molecule has 0 atom stereocenters. The highest BCUT2D eigenvalue weighted by Crippen LogP contribution is 2.21. The Morgan fingerprint density at radius 3 is 2.26 bits per heavy atom. The average molecular weight is 349 g/mol. The van der Waals surface area contributed by atoms with Crippen molar-refractivity contribution in [2.24, 2.45) is 0 Å². The van der Waals surface area contributed by atoms with E-state index in [1.807, 2.05) is 12.1 Å². The predicted molar refractivity (Wildman–Crippen MR) is 96.3 cm³/mol. The molecule has 0 aliphatic carbocycles. The SMILES string of the molecule is CC(=O)N(C)c1ccc(NC(=O)CSc2ccc(Cl)cc2)cc1. The van der Waals surface area contributed by atoms with Crippen LogP contribution in [0.4, 0.5) is 11.4 Å². The van der Waals surface area contributed by atoms with Crippen molar-refractivity contribution in [1.82, 2.24) is 0 Å². The summed E-state index contributed by atoms with van der Waals surface area (Å²) in [5, 5.41) is 3.51. The van der Waals surface area contributed by atoms with Crippen LogP contribution in [0.25, 0.3) is 0 Å². The average Bonchev–Trinajstić information content (AvgIpc) is 2.54. The van der Waals surface area contributed by atoms with E-state index >= 15 is 0 Å².